The zero-order chi connectivity index (χ0) is 6.00. The number of halogens is 1. The van der Waals surface area contributed by atoms with Crippen molar-refractivity contribution < 1.29 is 18.2 Å². The average molecular weight is 202 g/mol. The quantitative estimate of drug-likeness (QED) is 0.555. The van der Waals surface area contributed by atoms with Crippen molar-refractivity contribution in [1.82, 2.24) is 0 Å². The second-order valence-corrected chi connectivity index (χ2v) is 0. The molecule has 0 amide bonds. The van der Waals surface area contributed by atoms with E-state index in [-0.39, 0.29) is 0 Å². The summed E-state index contributed by atoms with van der Waals surface area (Å²) in [5.41, 5.74) is 11.5. The molecule has 0 bridgehead atoms. The summed E-state index contributed by atoms with van der Waals surface area (Å²) in [4.78, 5) is 14.5. The molecule has 0 radical (unpaired) electrons. The Kier molecular flexibility index (Phi) is 10500. The van der Waals surface area contributed by atoms with E-state index in [0.29, 0.717) is 0 Å². The van der Waals surface area contributed by atoms with Crippen molar-refractivity contribution in [3.63, 3.8) is 0 Å². The van der Waals surface area contributed by atoms with Gasteiger partial charge in [-0.1, -0.05) is 0 Å². The molecule has 0 saturated carbocycles. The van der Waals surface area contributed by atoms with Crippen LogP contribution >= 0.6 is 9.53 Å². The van der Waals surface area contributed by atoms with Crippen molar-refractivity contribution in [2.75, 3.05) is 0 Å². The van der Waals surface area contributed by atoms with Crippen LogP contribution in [0.4, 0.5) is 0 Å². The van der Waals surface area contributed by atoms with Crippen LogP contribution in [0.5, 0.6) is 0 Å². The first-order valence-electron chi connectivity index (χ1n) is 0.485. The first-order valence-corrected chi connectivity index (χ1v) is 2.49. The molecule has 4 nitrogen and oxygen atoms in total. The number of nitroso groups, excluding NO2 is 2. The second kappa shape index (κ2) is 3830. The molecule has 0 rings (SSSR count). The Balaban J connectivity index is -0.0000000225. The zero-order valence-corrected chi connectivity index (χ0v) is 4.72. The van der Waals surface area contributed by atoms with Crippen LogP contribution in [0, 0.1) is 9.81 Å². The summed E-state index contributed by atoms with van der Waals surface area (Å²) in [5, 5.41) is 0. The summed E-state index contributed by atoms with van der Waals surface area (Å²) in [6.45, 7) is 0. The molecule has 6 heteroatoms. The van der Waals surface area contributed by atoms with Crippen LogP contribution in [-0.4, -0.2) is 0 Å². The summed E-state index contributed by atoms with van der Waals surface area (Å²) in [5.74, 6) is 0. The van der Waals surface area contributed by atoms with E-state index in [0.717, 1.165) is 0 Å². The molecule has 0 aromatic rings. The molecule has 0 aliphatic carbocycles. The van der Waals surface area contributed by atoms with Crippen molar-refractivity contribution >= 4 is 9.53 Å². The van der Waals surface area contributed by atoms with Gasteiger partial charge >= 0.3 is 27.7 Å². The van der Waals surface area contributed by atoms with Gasteiger partial charge in [0.2, 0.25) is 0 Å². The normalized spacial score (nSPS) is 2.50. The summed E-state index contributed by atoms with van der Waals surface area (Å²) in [6, 6.07) is 0. The average Bonchev–Trinajstić information content (AvgIpc) is 1.81. The molecule has 0 atom stereocenters. The van der Waals surface area contributed by atoms with Crippen molar-refractivity contribution in [1.29, 1.82) is 0 Å². The molecular formula is ClN2O2Pd-. The fourth-order valence-corrected chi connectivity index (χ4v) is 0. The number of hydrogen-bond acceptors (Lipinski definition) is 2. The Morgan fingerprint density at radius 1 is 1.00 bits per heavy atom. The van der Waals surface area contributed by atoms with E-state index in [9.17, 15) is 0 Å². The first-order chi connectivity index (χ1) is 3.00. The molecule has 0 unspecified atom stereocenters. The van der Waals surface area contributed by atoms with Crippen LogP contribution in [-0.2, 0) is 18.2 Å². The zero-order valence-electron chi connectivity index (χ0n) is 2.41. The van der Waals surface area contributed by atoms with E-state index >= 15 is 0 Å². The van der Waals surface area contributed by atoms with Gasteiger partial charge < -0.3 is 21.0 Å². The minimum absolute atomic E-state index is 2.22. The maximum absolute atomic E-state index is 7.25. The maximum Gasteiger partial charge on any atom is -0.423 e. The third kappa shape index (κ3) is 1780. The minimum atomic E-state index is 2.22. The topological polar surface area (TPSA) is 78.7 Å². The van der Waals surface area contributed by atoms with E-state index < -0.39 is 0 Å². The Morgan fingerprint density at radius 2 is 1.00 bits per heavy atom. The molecular weight excluding hydrogens is 202 g/mol. The van der Waals surface area contributed by atoms with Crippen LogP contribution in [0.15, 0.2) is 0 Å². The number of rotatable bonds is 0. The van der Waals surface area contributed by atoms with E-state index in [1.54, 1.807) is 0 Å². The molecule has 6 heavy (non-hydrogen) atoms. The molecule has 0 fully saturated rings. The van der Waals surface area contributed by atoms with Crippen LogP contribution in [0.3, 0.4) is 0 Å². The molecule has 0 spiro atoms. The van der Waals surface area contributed by atoms with Gasteiger partial charge in [0.05, 0.1) is 0 Å². The maximum atomic E-state index is 7.25. The minimum Gasteiger partial charge on any atom is -0.577 e. The number of hydrogen-bond donors (Lipinski definition) is 0. The third-order valence-electron chi connectivity index (χ3n) is 0. The van der Waals surface area contributed by atoms with Gasteiger partial charge in [-0.05, 0) is 0 Å². The van der Waals surface area contributed by atoms with Gasteiger partial charge in [0.25, 0.3) is 0 Å². The van der Waals surface area contributed by atoms with E-state index in [2.05, 4.69) is 27.7 Å². The van der Waals surface area contributed by atoms with Gasteiger partial charge in [-0.3, -0.25) is 0 Å². The van der Waals surface area contributed by atoms with Crippen LogP contribution in [0.2, 0.25) is 0 Å². The summed E-state index contributed by atoms with van der Waals surface area (Å²) < 4.78 is 0. The predicted octanol–water partition coefficient (Wildman–Crippen LogP) is 1.33. The van der Waals surface area contributed by atoms with Gasteiger partial charge in [-0.2, -0.15) is 0 Å². The Morgan fingerprint density at radius 3 is 1.00 bits per heavy atom. The molecule has 0 aliphatic heterocycles. The summed E-state index contributed by atoms with van der Waals surface area (Å²) in [6.07, 6.45) is 0. The van der Waals surface area contributed by atoms with Gasteiger partial charge in [-0.25, -0.2) is 0 Å². The SMILES string of the molecule is [Cl][Pd+].[N-]=O.[N-]=O. The smallest absolute Gasteiger partial charge is 0.423 e. The Labute approximate surface area is 49.2 Å². The van der Waals surface area contributed by atoms with Crippen molar-refractivity contribution in [2.24, 2.45) is 0 Å². The van der Waals surface area contributed by atoms with Gasteiger partial charge in [0.1, 0.15) is 0 Å². The molecule has 0 aromatic carbocycles. The van der Waals surface area contributed by atoms with E-state index in [4.69, 9.17) is 21.0 Å². The largest absolute Gasteiger partial charge is 0.577 e. The van der Waals surface area contributed by atoms with E-state index in [1.165, 1.54) is 0 Å². The van der Waals surface area contributed by atoms with Gasteiger partial charge in [0, 0.05) is 0 Å². The standard InChI is InChI=1S/ClH.2NO.Pd/c;2*1-2;/h1H;;;/q;2*-1;+2/p-1. The van der Waals surface area contributed by atoms with Gasteiger partial charge in [0.15, 0.2) is 0 Å². The summed E-state index contributed by atoms with van der Waals surface area (Å²) >= 11 is 2.22. The fraction of sp³-hybridized carbons (Fsp3) is 0. The summed E-state index contributed by atoms with van der Waals surface area (Å²) in [7, 11) is 4.49. The molecule has 0 aromatic heterocycles. The third-order valence-corrected chi connectivity index (χ3v) is 0. The van der Waals surface area contributed by atoms with E-state index in [1.807, 2.05) is 0 Å². The molecule has 0 N–H and O–H groups in total. The predicted molar refractivity (Wildman–Crippen MR) is 19.3 cm³/mol. The molecule has 40 valence electrons. The fourth-order valence-electron chi connectivity index (χ4n) is 0. The van der Waals surface area contributed by atoms with Crippen LogP contribution < -0.4 is 0 Å². The molecule has 0 aliphatic rings. The second-order valence-electron chi connectivity index (χ2n) is 0. The van der Waals surface area contributed by atoms with Crippen molar-refractivity contribution in [3.05, 3.63) is 21.0 Å². The van der Waals surface area contributed by atoms with Gasteiger partial charge in [-0.15, -0.1) is 0 Å². The first kappa shape index (κ1) is 16.4. The monoisotopic (exact) mass is 201 g/mol. The molecule has 0 heterocycles. The van der Waals surface area contributed by atoms with Crippen LogP contribution in [0.1, 0.15) is 0 Å². The van der Waals surface area contributed by atoms with Crippen molar-refractivity contribution in [2.45, 2.75) is 0 Å². The molecule has 0 saturated heterocycles. The Bertz CT molecular complexity index is 13.5. The van der Waals surface area contributed by atoms with Crippen LogP contribution in [0.25, 0.3) is 11.2 Å². The Hall–Kier alpha value is 0.152. The van der Waals surface area contributed by atoms with Crippen molar-refractivity contribution in [3.8, 4) is 0 Å². The number of nitrogens with zero attached hydrogens (tertiary/aromatic N) is 2.